The molecule has 0 amide bonds. The zero-order valence-electron chi connectivity index (χ0n) is 6.62. The number of hydrogen-bond acceptors (Lipinski definition) is 3. The molecule has 0 spiro atoms. The first-order chi connectivity index (χ1) is 5.29. The van der Waals surface area contributed by atoms with E-state index in [4.69, 9.17) is 5.73 Å². The first-order valence-electron chi connectivity index (χ1n) is 3.69. The van der Waals surface area contributed by atoms with Crippen LogP contribution in [0.2, 0.25) is 0 Å². The van der Waals surface area contributed by atoms with Crippen molar-refractivity contribution in [3.63, 3.8) is 0 Å². The summed E-state index contributed by atoms with van der Waals surface area (Å²) in [4.78, 5) is 4.08. The van der Waals surface area contributed by atoms with Gasteiger partial charge in [-0.05, 0) is 19.1 Å². The van der Waals surface area contributed by atoms with Crippen LogP contribution in [0.3, 0.4) is 0 Å². The Labute approximate surface area is 66.6 Å². The van der Waals surface area contributed by atoms with Crippen LogP contribution in [0.15, 0.2) is 24.4 Å². The molecule has 3 nitrogen and oxygen atoms in total. The summed E-state index contributed by atoms with van der Waals surface area (Å²) >= 11 is 0. The van der Waals surface area contributed by atoms with E-state index < -0.39 is 0 Å². The lowest BCUT2D eigenvalue weighted by Crippen LogP contribution is -2.25. The SMILES string of the molecule is C[C@H](N)CNc1ccccn1. The molecule has 1 rings (SSSR count). The van der Waals surface area contributed by atoms with Gasteiger partial charge in [0.15, 0.2) is 0 Å². The topological polar surface area (TPSA) is 50.9 Å². The molecule has 1 aromatic rings. The maximum absolute atomic E-state index is 5.55. The monoisotopic (exact) mass is 151 g/mol. The van der Waals surface area contributed by atoms with Crippen molar-refractivity contribution in [3.8, 4) is 0 Å². The van der Waals surface area contributed by atoms with Gasteiger partial charge in [-0.1, -0.05) is 6.07 Å². The maximum Gasteiger partial charge on any atom is 0.125 e. The summed E-state index contributed by atoms with van der Waals surface area (Å²) in [7, 11) is 0. The van der Waals surface area contributed by atoms with Crippen LogP contribution in [0.25, 0.3) is 0 Å². The number of pyridine rings is 1. The number of hydrogen-bond donors (Lipinski definition) is 2. The summed E-state index contributed by atoms with van der Waals surface area (Å²) < 4.78 is 0. The van der Waals surface area contributed by atoms with Gasteiger partial charge in [-0.25, -0.2) is 4.98 Å². The van der Waals surface area contributed by atoms with Gasteiger partial charge >= 0.3 is 0 Å². The Bertz CT molecular complexity index is 196. The lowest BCUT2D eigenvalue weighted by atomic mass is 10.3. The highest BCUT2D eigenvalue weighted by Gasteiger charge is 1.93. The van der Waals surface area contributed by atoms with Crippen LogP contribution in [-0.2, 0) is 0 Å². The molecule has 0 aliphatic rings. The van der Waals surface area contributed by atoms with Crippen LogP contribution in [-0.4, -0.2) is 17.6 Å². The average molecular weight is 151 g/mol. The van der Waals surface area contributed by atoms with E-state index in [1.807, 2.05) is 25.1 Å². The summed E-state index contributed by atoms with van der Waals surface area (Å²) in [6, 6.07) is 5.91. The Kier molecular flexibility index (Phi) is 2.86. The van der Waals surface area contributed by atoms with Gasteiger partial charge in [-0.15, -0.1) is 0 Å². The smallest absolute Gasteiger partial charge is 0.125 e. The van der Waals surface area contributed by atoms with Crippen LogP contribution in [0.1, 0.15) is 6.92 Å². The van der Waals surface area contributed by atoms with Crippen molar-refractivity contribution in [1.82, 2.24) is 4.98 Å². The Hall–Kier alpha value is -1.09. The first-order valence-corrected chi connectivity index (χ1v) is 3.69. The van der Waals surface area contributed by atoms with E-state index in [2.05, 4.69) is 10.3 Å². The number of nitrogens with zero attached hydrogens (tertiary/aromatic N) is 1. The standard InChI is InChI=1S/C8H13N3/c1-7(9)6-11-8-4-2-3-5-10-8/h2-5,7H,6,9H2,1H3,(H,10,11)/t7-/m0/s1. The van der Waals surface area contributed by atoms with Gasteiger partial charge in [0.1, 0.15) is 5.82 Å². The number of aromatic nitrogens is 1. The molecule has 0 unspecified atom stereocenters. The zero-order valence-corrected chi connectivity index (χ0v) is 6.62. The van der Waals surface area contributed by atoms with Gasteiger partial charge in [0, 0.05) is 18.8 Å². The number of nitrogens with one attached hydrogen (secondary N) is 1. The molecule has 0 fully saturated rings. The normalized spacial score (nSPS) is 12.5. The van der Waals surface area contributed by atoms with Crippen molar-refractivity contribution in [2.45, 2.75) is 13.0 Å². The van der Waals surface area contributed by atoms with Gasteiger partial charge in [0.05, 0.1) is 0 Å². The summed E-state index contributed by atoms with van der Waals surface area (Å²) in [5.74, 6) is 0.879. The Balaban J connectivity index is 2.39. The molecule has 0 aliphatic carbocycles. The lowest BCUT2D eigenvalue weighted by molar-refractivity contribution is 0.777. The fraction of sp³-hybridized carbons (Fsp3) is 0.375. The minimum absolute atomic E-state index is 0.164. The lowest BCUT2D eigenvalue weighted by Gasteiger charge is -2.06. The summed E-state index contributed by atoms with van der Waals surface area (Å²) in [5.41, 5.74) is 5.55. The van der Waals surface area contributed by atoms with E-state index in [-0.39, 0.29) is 6.04 Å². The second-order valence-electron chi connectivity index (χ2n) is 2.57. The molecule has 60 valence electrons. The van der Waals surface area contributed by atoms with Gasteiger partial charge in [-0.2, -0.15) is 0 Å². The fourth-order valence-electron chi connectivity index (χ4n) is 0.733. The van der Waals surface area contributed by atoms with E-state index in [0.29, 0.717) is 0 Å². The summed E-state index contributed by atoms with van der Waals surface area (Å²) in [6.07, 6.45) is 1.75. The molecular weight excluding hydrogens is 138 g/mol. The Morgan fingerprint density at radius 2 is 2.45 bits per heavy atom. The van der Waals surface area contributed by atoms with Crippen molar-refractivity contribution in [1.29, 1.82) is 0 Å². The van der Waals surface area contributed by atoms with Crippen LogP contribution >= 0.6 is 0 Å². The molecule has 0 aliphatic heterocycles. The van der Waals surface area contributed by atoms with Gasteiger partial charge in [0.2, 0.25) is 0 Å². The van der Waals surface area contributed by atoms with E-state index in [9.17, 15) is 0 Å². The predicted octanol–water partition coefficient (Wildman–Crippen LogP) is 0.841. The molecule has 1 atom stereocenters. The zero-order chi connectivity index (χ0) is 8.10. The molecule has 0 saturated heterocycles. The quantitative estimate of drug-likeness (QED) is 0.673. The van der Waals surface area contributed by atoms with Crippen molar-refractivity contribution >= 4 is 5.82 Å². The Morgan fingerprint density at radius 3 is 3.00 bits per heavy atom. The van der Waals surface area contributed by atoms with E-state index >= 15 is 0 Å². The highest BCUT2D eigenvalue weighted by Crippen LogP contribution is 1.98. The third kappa shape index (κ3) is 3.00. The van der Waals surface area contributed by atoms with E-state index in [1.54, 1.807) is 6.20 Å². The molecule has 0 aromatic carbocycles. The number of rotatable bonds is 3. The molecule has 11 heavy (non-hydrogen) atoms. The van der Waals surface area contributed by atoms with Gasteiger partial charge in [0.25, 0.3) is 0 Å². The minimum atomic E-state index is 0.164. The summed E-state index contributed by atoms with van der Waals surface area (Å²) in [6.45, 7) is 2.72. The molecule has 1 heterocycles. The van der Waals surface area contributed by atoms with Crippen molar-refractivity contribution in [2.75, 3.05) is 11.9 Å². The van der Waals surface area contributed by atoms with Crippen molar-refractivity contribution in [3.05, 3.63) is 24.4 Å². The van der Waals surface area contributed by atoms with Crippen LogP contribution in [0.4, 0.5) is 5.82 Å². The molecular formula is C8H13N3. The van der Waals surface area contributed by atoms with E-state index in [1.165, 1.54) is 0 Å². The molecule has 3 N–H and O–H groups in total. The largest absolute Gasteiger partial charge is 0.369 e. The second-order valence-corrected chi connectivity index (χ2v) is 2.57. The molecule has 0 bridgehead atoms. The van der Waals surface area contributed by atoms with Crippen molar-refractivity contribution in [2.24, 2.45) is 5.73 Å². The van der Waals surface area contributed by atoms with Crippen LogP contribution < -0.4 is 11.1 Å². The third-order valence-electron chi connectivity index (χ3n) is 1.27. The maximum atomic E-state index is 5.55. The Morgan fingerprint density at radius 1 is 1.64 bits per heavy atom. The van der Waals surface area contributed by atoms with Gasteiger partial charge < -0.3 is 11.1 Å². The molecule has 1 aromatic heterocycles. The van der Waals surface area contributed by atoms with Crippen molar-refractivity contribution < 1.29 is 0 Å². The van der Waals surface area contributed by atoms with E-state index in [0.717, 1.165) is 12.4 Å². The highest BCUT2D eigenvalue weighted by atomic mass is 15.0. The average Bonchev–Trinajstić information content (AvgIpc) is 2.03. The predicted molar refractivity (Wildman–Crippen MR) is 46.4 cm³/mol. The van der Waals surface area contributed by atoms with Gasteiger partial charge in [-0.3, -0.25) is 0 Å². The highest BCUT2D eigenvalue weighted by molar-refractivity contribution is 5.33. The molecule has 3 heteroatoms. The van der Waals surface area contributed by atoms with Crippen LogP contribution in [0.5, 0.6) is 0 Å². The second kappa shape index (κ2) is 3.93. The molecule has 0 saturated carbocycles. The van der Waals surface area contributed by atoms with Crippen LogP contribution in [0, 0.1) is 0 Å². The summed E-state index contributed by atoms with van der Waals surface area (Å²) in [5, 5.41) is 3.11. The number of nitrogens with two attached hydrogens (primary N) is 1. The fourth-order valence-corrected chi connectivity index (χ4v) is 0.733. The third-order valence-corrected chi connectivity index (χ3v) is 1.27. The first kappa shape index (κ1) is 8.01. The number of anilines is 1. The molecule has 0 radical (unpaired) electrons. The minimum Gasteiger partial charge on any atom is -0.369 e.